The van der Waals surface area contributed by atoms with Crippen LogP contribution in [-0.2, 0) is 29.1 Å². The van der Waals surface area contributed by atoms with Gasteiger partial charge in [-0.3, -0.25) is 14.5 Å². The SMILES string of the molecule is CCCS(=O)(=O)C1=C(C(=O)O)N2C(=O)[C@@H](NC(=O)/C(=N/OC)c3csc(N)n3)[C@H]2CC1. The first-order chi connectivity index (χ1) is 14.6. The number of fused-ring (bicyclic) bond motifs is 1. The first-order valence-electron chi connectivity index (χ1n) is 9.28. The first kappa shape index (κ1) is 22.7. The summed E-state index contributed by atoms with van der Waals surface area (Å²) in [6, 6.07) is -1.72. The fraction of sp³-hybridized carbons (Fsp3) is 0.471. The van der Waals surface area contributed by atoms with Gasteiger partial charge in [-0.1, -0.05) is 12.1 Å². The van der Waals surface area contributed by atoms with E-state index in [-0.39, 0.29) is 40.0 Å². The summed E-state index contributed by atoms with van der Waals surface area (Å²) < 4.78 is 25.0. The Bertz CT molecular complexity index is 1090. The van der Waals surface area contributed by atoms with Gasteiger partial charge in [-0.05, 0) is 19.3 Å². The Balaban J connectivity index is 1.85. The first-order valence-corrected chi connectivity index (χ1v) is 11.8. The minimum absolute atomic E-state index is 0.0353. The number of carbonyl (C=O) groups excluding carboxylic acids is 2. The van der Waals surface area contributed by atoms with E-state index in [1.165, 1.54) is 12.5 Å². The number of oxime groups is 1. The lowest BCUT2D eigenvalue weighted by molar-refractivity contribution is -0.155. The van der Waals surface area contributed by atoms with E-state index in [4.69, 9.17) is 5.73 Å². The molecule has 1 aromatic heterocycles. The average Bonchev–Trinajstić information content (AvgIpc) is 3.14. The fourth-order valence-corrected chi connectivity index (χ4v) is 5.87. The second kappa shape index (κ2) is 8.63. The second-order valence-electron chi connectivity index (χ2n) is 6.85. The lowest BCUT2D eigenvalue weighted by Gasteiger charge is -2.49. The van der Waals surface area contributed by atoms with Gasteiger partial charge in [-0.15, -0.1) is 11.3 Å². The normalized spacial score (nSPS) is 21.4. The Morgan fingerprint density at radius 3 is 2.74 bits per heavy atom. The van der Waals surface area contributed by atoms with Crippen LogP contribution in [0.3, 0.4) is 0 Å². The summed E-state index contributed by atoms with van der Waals surface area (Å²) in [5.74, 6) is -3.18. The number of carboxylic acids is 1. The second-order valence-corrected chi connectivity index (χ2v) is 9.87. The average molecular weight is 472 g/mol. The van der Waals surface area contributed by atoms with Crippen molar-refractivity contribution in [3.8, 4) is 0 Å². The van der Waals surface area contributed by atoms with Gasteiger partial charge < -0.3 is 21.0 Å². The molecule has 0 aromatic carbocycles. The zero-order chi connectivity index (χ0) is 22.9. The topological polar surface area (TPSA) is 181 Å². The van der Waals surface area contributed by atoms with Crippen molar-refractivity contribution in [2.45, 2.75) is 38.3 Å². The van der Waals surface area contributed by atoms with Gasteiger partial charge in [0.2, 0.25) is 0 Å². The zero-order valence-corrected chi connectivity index (χ0v) is 18.3. The molecule has 0 bridgehead atoms. The number of allylic oxidation sites excluding steroid dienone is 1. The maximum Gasteiger partial charge on any atom is 0.353 e. The molecule has 1 fully saturated rings. The van der Waals surface area contributed by atoms with E-state index in [0.717, 1.165) is 16.2 Å². The van der Waals surface area contributed by atoms with E-state index in [1.54, 1.807) is 6.92 Å². The quantitative estimate of drug-likeness (QED) is 0.260. The molecule has 3 heterocycles. The molecule has 3 rings (SSSR count). The summed E-state index contributed by atoms with van der Waals surface area (Å²) in [6.45, 7) is 1.67. The summed E-state index contributed by atoms with van der Waals surface area (Å²) in [4.78, 5) is 46.5. The van der Waals surface area contributed by atoms with Crippen LogP contribution in [-0.4, -0.2) is 71.8 Å². The molecule has 168 valence electrons. The monoisotopic (exact) mass is 471 g/mol. The van der Waals surface area contributed by atoms with Gasteiger partial charge in [0.15, 0.2) is 20.7 Å². The molecule has 12 nitrogen and oxygen atoms in total. The number of nitrogen functional groups attached to an aromatic ring is 1. The minimum Gasteiger partial charge on any atom is -0.477 e. The molecule has 0 radical (unpaired) electrons. The molecule has 2 aliphatic heterocycles. The number of sulfone groups is 1. The summed E-state index contributed by atoms with van der Waals surface area (Å²) in [5, 5.41) is 17.5. The van der Waals surface area contributed by atoms with E-state index >= 15 is 0 Å². The van der Waals surface area contributed by atoms with E-state index in [9.17, 15) is 27.9 Å². The van der Waals surface area contributed by atoms with Crippen LogP contribution < -0.4 is 11.1 Å². The number of nitrogens with two attached hydrogens (primary N) is 1. The molecule has 1 aromatic rings. The number of hydrogen-bond donors (Lipinski definition) is 3. The van der Waals surface area contributed by atoms with Gasteiger partial charge in [0.05, 0.1) is 16.7 Å². The van der Waals surface area contributed by atoms with Gasteiger partial charge in [-0.2, -0.15) is 0 Å². The van der Waals surface area contributed by atoms with Crippen LogP contribution in [0.5, 0.6) is 0 Å². The molecule has 0 unspecified atom stereocenters. The van der Waals surface area contributed by atoms with Crippen LogP contribution in [0.15, 0.2) is 21.1 Å². The predicted octanol–water partition coefficient (Wildman–Crippen LogP) is -0.314. The van der Waals surface area contributed by atoms with Crippen molar-refractivity contribution < 1.29 is 32.7 Å². The van der Waals surface area contributed by atoms with Gasteiger partial charge in [0, 0.05) is 5.38 Å². The third kappa shape index (κ3) is 4.12. The Hall–Kier alpha value is -3.00. The van der Waals surface area contributed by atoms with Crippen molar-refractivity contribution in [3.05, 3.63) is 21.7 Å². The highest BCUT2D eigenvalue weighted by Gasteiger charge is 2.55. The largest absolute Gasteiger partial charge is 0.477 e. The van der Waals surface area contributed by atoms with Crippen LogP contribution in [0.2, 0.25) is 0 Å². The fourth-order valence-electron chi connectivity index (χ4n) is 3.63. The predicted molar refractivity (Wildman–Crippen MR) is 111 cm³/mol. The van der Waals surface area contributed by atoms with Crippen molar-refractivity contribution >= 4 is 49.8 Å². The number of amides is 2. The van der Waals surface area contributed by atoms with Gasteiger partial charge in [0.1, 0.15) is 24.5 Å². The number of carbonyl (C=O) groups is 3. The van der Waals surface area contributed by atoms with Gasteiger partial charge in [0.25, 0.3) is 11.8 Å². The minimum atomic E-state index is -3.81. The molecular weight excluding hydrogens is 450 g/mol. The van der Waals surface area contributed by atoms with Crippen LogP contribution in [0.25, 0.3) is 0 Å². The number of β-lactam (4-membered cyclic amide) rings is 1. The molecule has 0 aliphatic carbocycles. The number of aliphatic carboxylic acids is 1. The zero-order valence-electron chi connectivity index (χ0n) is 16.7. The summed E-state index contributed by atoms with van der Waals surface area (Å²) in [7, 11) is -2.57. The third-order valence-corrected chi connectivity index (χ3v) is 7.66. The molecule has 1 saturated heterocycles. The number of thiazole rings is 1. The van der Waals surface area contributed by atoms with Gasteiger partial charge >= 0.3 is 5.97 Å². The van der Waals surface area contributed by atoms with E-state index in [2.05, 4.69) is 20.3 Å². The van der Waals surface area contributed by atoms with Crippen LogP contribution >= 0.6 is 11.3 Å². The number of anilines is 1. The maximum absolute atomic E-state index is 12.7. The highest BCUT2D eigenvalue weighted by Crippen LogP contribution is 2.39. The standard InChI is InChI=1S/C17H21N5O7S2/c1-3-6-31(27,28)10-5-4-9-12(15(24)22(9)13(10)16(25)26)20-14(23)11(21-29-2)8-7-30-17(18)19-8/h7,9,12H,3-6H2,1-2H3,(H2,18,19)(H,20,23)(H,25,26)/b21-11+/t9-,12+/m1/s1. The number of aromatic nitrogens is 1. The lowest BCUT2D eigenvalue weighted by atomic mass is 9.86. The lowest BCUT2D eigenvalue weighted by Crippen LogP contribution is -2.72. The number of nitrogens with one attached hydrogen (secondary N) is 1. The Labute approximate surface area is 181 Å². The number of hydrogen-bond acceptors (Lipinski definition) is 10. The molecule has 2 aliphatic rings. The number of rotatable bonds is 8. The molecule has 0 spiro atoms. The number of carboxylic acid groups (broad SMARTS) is 1. The highest BCUT2D eigenvalue weighted by atomic mass is 32.2. The Morgan fingerprint density at radius 2 is 2.19 bits per heavy atom. The van der Waals surface area contributed by atoms with Crippen molar-refractivity contribution in [2.75, 3.05) is 18.6 Å². The number of nitrogens with zero attached hydrogens (tertiary/aromatic N) is 3. The molecule has 2 amide bonds. The molecular formula is C17H21N5O7S2. The Kier molecular flexibility index (Phi) is 6.31. The Morgan fingerprint density at radius 1 is 1.48 bits per heavy atom. The third-order valence-electron chi connectivity index (χ3n) is 4.89. The molecule has 31 heavy (non-hydrogen) atoms. The molecule has 4 N–H and O–H groups in total. The molecule has 2 atom stereocenters. The van der Waals surface area contributed by atoms with Crippen LogP contribution in [0.1, 0.15) is 31.9 Å². The molecule has 0 saturated carbocycles. The van der Waals surface area contributed by atoms with E-state index in [1.807, 2.05) is 0 Å². The summed E-state index contributed by atoms with van der Waals surface area (Å²) >= 11 is 1.09. The van der Waals surface area contributed by atoms with E-state index < -0.39 is 45.4 Å². The van der Waals surface area contributed by atoms with Crippen molar-refractivity contribution in [3.63, 3.8) is 0 Å². The maximum atomic E-state index is 12.7. The van der Waals surface area contributed by atoms with Crippen molar-refractivity contribution in [1.29, 1.82) is 0 Å². The van der Waals surface area contributed by atoms with Crippen LogP contribution in [0, 0.1) is 0 Å². The summed E-state index contributed by atoms with van der Waals surface area (Å²) in [5.41, 5.74) is 5.00. The highest BCUT2D eigenvalue weighted by molar-refractivity contribution is 7.95. The summed E-state index contributed by atoms with van der Waals surface area (Å²) in [6.07, 6.45) is 0.468. The van der Waals surface area contributed by atoms with Crippen molar-refractivity contribution in [1.82, 2.24) is 15.2 Å². The smallest absolute Gasteiger partial charge is 0.353 e. The van der Waals surface area contributed by atoms with Crippen molar-refractivity contribution in [2.24, 2.45) is 5.16 Å². The molecule has 14 heteroatoms. The van der Waals surface area contributed by atoms with Gasteiger partial charge in [-0.25, -0.2) is 18.2 Å². The van der Waals surface area contributed by atoms with E-state index in [0.29, 0.717) is 6.42 Å². The van der Waals surface area contributed by atoms with Crippen LogP contribution in [0.4, 0.5) is 5.13 Å².